The van der Waals surface area contributed by atoms with Crippen LogP contribution in [0, 0.1) is 24.4 Å². The lowest BCUT2D eigenvalue weighted by Gasteiger charge is -2.33. The zero-order chi connectivity index (χ0) is 24.1. The molecule has 0 spiro atoms. The van der Waals surface area contributed by atoms with Crippen LogP contribution in [0.15, 0.2) is 41.6 Å². The number of ether oxygens (including phenoxy) is 1. The maximum absolute atomic E-state index is 14.8. The van der Waals surface area contributed by atoms with E-state index in [1.54, 1.807) is 10.9 Å². The first-order chi connectivity index (χ1) is 16.2. The number of fused-ring (bicyclic) bond motifs is 1. The van der Waals surface area contributed by atoms with Crippen molar-refractivity contribution in [2.24, 2.45) is 7.05 Å². The SMILES string of the molecule is Cc1nc2c(-c3ccc(F)cc3F)nc(C3C[C@@H](C)O[C@H](c4cnn(C)c4)C3)cn2c(=O)c1F. The summed E-state index contributed by atoms with van der Waals surface area (Å²) in [4.78, 5) is 21.6. The van der Waals surface area contributed by atoms with Crippen molar-refractivity contribution < 1.29 is 17.9 Å². The van der Waals surface area contributed by atoms with E-state index >= 15 is 0 Å². The maximum Gasteiger partial charge on any atom is 0.294 e. The van der Waals surface area contributed by atoms with E-state index in [9.17, 15) is 18.0 Å². The van der Waals surface area contributed by atoms with Crippen molar-refractivity contribution in [2.75, 3.05) is 0 Å². The van der Waals surface area contributed by atoms with Crippen LogP contribution in [-0.2, 0) is 11.8 Å². The molecule has 5 rings (SSSR count). The van der Waals surface area contributed by atoms with Gasteiger partial charge >= 0.3 is 0 Å². The van der Waals surface area contributed by atoms with Crippen molar-refractivity contribution in [2.45, 2.75) is 44.8 Å². The first kappa shape index (κ1) is 22.3. The van der Waals surface area contributed by atoms with Crippen LogP contribution in [0.2, 0.25) is 0 Å². The first-order valence-electron chi connectivity index (χ1n) is 10.9. The van der Waals surface area contributed by atoms with Crippen LogP contribution in [0.1, 0.15) is 48.7 Å². The van der Waals surface area contributed by atoms with Crippen LogP contribution < -0.4 is 5.56 Å². The van der Waals surface area contributed by atoms with Crippen molar-refractivity contribution in [3.05, 3.63) is 81.5 Å². The monoisotopic (exact) mass is 469 g/mol. The highest BCUT2D eigenvalue weighted by molar-refractivity contribution is 5.74. The fraction of sp³-hybridized carbons (Fsp3) is 0.333. The Kier molecular flexibility index (Phi) is 5.47. The smallest absolute Gasteiger partial charge is 0.294 e. The van der Waals surface area contributed by atoms with Crippen LogP contribution in [-0.4, -0.2) is 30.3 Å². The van der Waals surface area contributed by atoms with Gasteiger partial charge in [-0.25, -0.2) is 18.7 Å². The van der Waals surface area contributed by atoms with Crippen molar-refractivity contribution in [1.29, 1.82) is 0 Å². The Hall–Kier alpha value is -3.53. The predicted octanol–water partition coefficient (Wildman–Crippen LogP) is 4.24. The number of hydrogen-bond donors (Lipinski definition) is 0. The minimum Gasteiger partial charge on any atom is -0.370 e. The van der Waals surface area contributed by atoms with E-state index in [1.165, 1.54) is 19.2 Å². The van der Waals surface area contributed by atoms with Crippen molar-refractivity contribution in [3.8, 4) is 11.3 Å². The van der Waals surface area contributed by atoms with E-state index in [-0.39, 0.29) is 40.7 Å². The third kappa shape index (κ3) is 3.87. The van der Waals surface area contributed by atoms with E-state index < -0.39 is 23.0 Å². The molecule has 34 heavy (non-hydrogen) atoms. The Balaban J connectivity index is 1.69. The van der Waals surface area contributed by atoms with E-state index in [0.717, 1.165) is 22.1 Å². The van der Waals surface area contributed by atoms with E-state index in [4.69, 9.17) is 4.74 Å². The molecule has 3 atom stereocenters. The molecule has 1 fully saturated rings. The Bertz CT molecular complexity index is 1470. The van der Waals surface area contributed by atoms with E-state index in [1.807, 2.05) is 20.2 Å². The molecule has 0 N–H and O–H groups in total. The topological polar surface area (TPSA) is 74.3 Å². The molecule has 1 aliphatic rings. The highest BCUT2D eigenvalue weighted by atomic mass is 19.1. The summed E-state index contributed by atoms with van der Waals surface area (Å²) < 4.78 is 51.7. The number of hydrogen-bond acceptors (Lipinski definition) is 5. The zero-order valence-corrected chi connectivity index (χ0v) is 18.8. The normalized spacial score (nSPS) is 20.7. The lowest BCUT2D eigenvalue weighted by molar-refractivity contribution is -0.0506. The number of aromatic nitrogens is 5. The highest BCUT2D eigenvalue weighted by Crippen LogP contribution is 2.40. The number of nitrogens with zero attached hydrogens (tertiary/aromatic N) is 5. The molecule has 0 radical (unpaired) electrons. The number of rotatable bonds is 3. The highest BCUT2D eigenvalue weighted by Gasteiger charge is 2.32. The fourth-order valence-electron chi connectivity index (χ4n) is 4.51. The molecule has 7 nitrogen and oxygen atoms in total. The summed E-state index contributed by atoms with van der Waals surface area (Å²) in [5.41, 5.74) is 0.378. The van der Waals surface area contributed by atoms with Gasteiger partial charge in [-0.1, -0.05) is 0 Å². The van der Waals surface area contributed by atoms with Gasteiger partial charge in [-0.05, 0) is 38.8 Å². The molecule has 1 aromatic carbocycles. The second-order valence-corrected chi connectivity index (χ2v) is 8.70. The fourth-order valence-corrected chi connectivity index (χ4v) is 4.51. The second kappa shape index (κ2) is 8.35. The molecule has 4 aromatic rings. The average Bonchev–Trinajstić information content (AvgIpc) is 3.23. The number of halogens is 3. The molecule has 0 amide bonds. The van der Waals surface area contributed by atoms with Crippen molar-refractivity contribution in [3.63, 3.8) is 0 Å². The van der Waals surface area contributed by atoms with Crippen molar-refractivity contribution in [1.82, 2.24) is 24.1 Å². The molecule has 1 saturated heterocycles. The summed E-state index contributed by atoms with van der Waals surface area (Å²) in [5, 5.41) is 4.21. The number of aryl methyl sites for hydroxylation is 2. The van der Waals surface area contributed by atoms with Crippen LogP contribution in [0.4, 0.5) is 13.2 Å². The Morgan fingerprint density at radius 1 is 1.12 bits per heavy atom. The molecule has 0 aliphatic carbocycles. The van der Waals surface area contributed by atoms with Gasteiger partial charge in [0.25, 0.3) is 5.56 Å². The van der Waals surface area contributed by atoms with Gasteiger partial charge in [0, 0.05) is 42.6 Å². The molecular weight excluding hydrogens is 447 g/mol. The standard InChI is InChI=1S/C24H22F3N5O2/c1-12-6-14(7-20(34-12)15-9-28-31(3)10-15)19-11-32-23(29-13(2)21(27)24(32)33)22(30-19)17-5-4-16(25)8-18(17)26/h4-5,8-12,14,20H,6-7H2,1-3H3/t12-,14?,20+/m1/s1. The number of benzene rings is 1. The Morgan fingerprint density at radius 3 is 2.62 bits per heavy atom. The van der Waals surface area contributed by atoms with Gasteiger partial charge in [0.1, 0.15) is 17.3 Å². The average molecular weight is 469 g/mol. The third-order valence-corrected chi connectivity index (χ3v) is 6.15. The maximum atomic E-state index is 14.8. The van der Waals surface area contributed by atoms with Gasteiger partial charge in [-0.15, -0.1) is 0 Å². The summed E-state index contributed by atoms with van der Waals surface area (Å²) in [6.07, 6.45) is 5.82. The Labute approximate surface area is 192 Å². The molecule has 10 heteroatoms. The molecule has 3 aromatic heterocycles. The summed E-state index contributed by atoms with van der Waals surface area (Å²) in [6.45, 7) is 3.29. The molecule has 1 aliphatic heterocycles. The Morgan fingerprint density at radius 2 is 1.91 bits per heavy atom. The summed E-state index contributed by atoms with van der Waals surface area (Å²) >= 11 is 0. The molecular formula is C24H22F3N5O2. The molecule has 1 unspecified atom stereocenters. The van der Waals surface area contributed by atoms with Gasteiger partial charge in [-0.3, -0.25) is 13.9 Å². The predicted molar refractivity (Wildman–Crippen MR) is 118 cm³/mol. The lowest BCUT2D eigenvalue weighted by atomic mass is 9.87. The van der Waals surface area contributed by atoms with Crippen LogP contribution >= 0.6 is 0 Å². The lowest BCUT2D eigenvalue weighted by Crippen LogP contribution is -2.27. The van der Waals surface area contributed by atoms with Gasteiger partial charge in [-0.2, -0.15) is 9.49 Å². The van der Waals surface area contributed by atoms with Crippen LogP contribution in [0.25, 0.3) is 16.9 Å². The minimum absolute atomic E-state index is 0.00192. The summed E-state index contributed by atoms with van der Waals surface area (Å²) in [6, 6.07) is 3.09. The molecule has 4 heterocycles. The van der Waals surface area contributed by atoms with Gasteiger partial charge in [0.05, 0.1) is 29.8 Å². The molecule has 0 bridgehead atoms. The zero-order valence-electron chi connectivity index (χ0n) is 18.8. The van der Waals surface area contributed by atoms with E-state index in [2.05, 4.69) is 15.1 Å². The van der Waals surface area contributed by atoms with Gasteiger partial charge in [0.15, 0.2) is 5.65 Å². The van der Waals surface area contributed by atoms with Crippen LogP contribution in [0.5, 0.6) is 0 Å². The summed E-state index contributed by atoms with van der Waals surface area (Å²) in [5.74, 6) is -2.76. The first-order valence-corrected chi connectivity index (χ1v) is 10.9. The largest absolute Gasteiger partial charge is 0.370 e. The van der Waals surface area contributed by atoms with Gasteiger partial charge in [0.2, 0.25) is 5.82 Å². The van der Waals surface area contributed by atoms with Gasteiger partial charge < -0.3 is 4.74 Å². The van der Waals surface area contributed by atoms with E-state index in [0.29, 0.717) is 18.5 Å². The second-order valence-electron chi connectivity index (χ2n) is 8.70. The van der Waals surface area contributed by atoms with Crippen LogP contribution in [0.3, 0.4) is 0 Å². The summed E-state index contributed by atoms with van der Waals surface area (Å²) in [7, 11) is 1.82. The quantitative estimate of drug-likeness (QED) is 0.449. The molecule has 0 saturated carbocycles. The minimum atomic E-state index is -0.992. The molecule has 176 valence electrons. The van der Waals surface area contributed by atoms with Crippen molar-refractivity contribution >= 4 is 5.65 Å². The third-order valence-electron chi connectivity index (χ3n) is 6.15.